The van der Waals surface area contributed by atoms with Crippen molar-refractivity contribution in [1.82, 2.24) is 0 Å². The van der Waals surface area contributed by atoms with Crippen LogP contribution in [-0.2, 0) is 4.79 Å². The van der Waals surface area contributed by atoms with Crippen molar-refractivity contribution < 1.29 is 4.79 Å². The zero-order chi connectivity index (χ0) is 9.73. The van der Waals surface area contributed by atoms with E-state index in [1.807, 2.05) is 0 Å². The van der Waals surface area contributed by atoms with Gasteiger partial charge < -0.3 is 0 Å². The number of carbonyl (C=O) groups excluding carboxylic acids is 1. The van der Waals surface area contributed by atoms with Crippen LogP contribution < -0.4 is 0 Å². The summed E-state index contributed by atoms with van der Waals surface area (Å²) in [6.45, 7) is 4.45. The fourth-order valence-corrected chi connectivity index (χ4v) is 2.20. The molecule has 13 heavy (non-hydrogen) atoms. The molecule has 0 saturated heterocycles. The van der Waals surface area contributed by atoms with Crippen molar-refractivity contribution in [2.45, 2.75) is 58.8 Å². The summed E-state index contributed by atoms with van der Waals surface area (Å²) in [6, 6.07) is 0. The summed E-state index contributed by atoms with van der Waals surface area (Å²) < 4.78 is 0. The van der Waals surface area contributed by atoms with Crippen LogP contribution in [0.2, 0.25) is 0 Å². The first-order chi connectivity index (χ1) is 6.18. The lowest BCUT2D eigenvalue weighted by Crippen LogP contribution is -2.26. The maximum absolute atomic E-state index is 11.0. The SMILES string of the molecule is CC(C)CCC1([C]=O)CCCCC1. The van der Waals surface area contributed by atoms with Gasteiger partial charge in [0.15, 0.2) is 0 Å². The van der Waals surface area contributed by atoms with E-state index in [1.165, 1.54) is 25.7 Å². The van der Waals surface area contributed by atoms with Crippen LogP contribution in [0.25, 0.3) is 0 Å². The fraction of sp³-hybridized carbons (Fsp3) is 0.917. The molecule has 0 aromatic rings. The van der Waals surface area contributed by atoms with Crippen molar-refractivity contribution in [3.05, 3.63) is 0 Å². The Morgan fingerprint density at radius 1 is 1.23 bits per heavy atom. The topological polar surface area (TPSA) is 17.1 Å². The lowest BCUT2D eigenvalue weighted by molar-refractivity contribution is 0.239. The number of hydrogen-bond acceptors (Lipinski definition) is 1. The van der Waals surface area contributed by atoms with Crippen molar-refractivity contribution in [3.8, 4) is 0 Å². The highest BCUT2D eigenvalue weighted by Crippen LogP contribution is 2.39. The van der Waals surface area contributed by atoms with Crippen LogP contribution in [-0.4, -0.2) is 6.29 Å². The van der Waals surface area contributed by atoms with E-state index in [-0.39, 0.29) is 5.41 Å². The van der Waals surface area contributed by atoms with Crippen LogP contribution in [0.5, 0.6) is 0 Å². The van der Waals surface area contributed by atoms with Crippen molar-refractivity contribution in [1.29, 1.82) is 0 Å². The molecule has 0 spiro atoms. The van der Waals surface area contributed by atoms with E-state index in [4.69, 9.17) is 0 Å². The van der Waals surface area contributed by atoms with Gasteiger partial charge in [-0.05, 0) is 25.2 Å². The first kappa shape index (κ1) is 10.7. The smallest absolute Gasteiger partial charge is 0.205 e. The molecule has 0 atom stereocenters. The van der Waals surface area contributed by atoms with Gasteiger partial charge in [0.2, 0.25) is 6.29 Å². The molecule has 0 aliphatic heterocycles. The molecule has 0 aromatic heterocycles. The standard InChI is InChI=1S/C12H21O/c1-11(2)6-9-12(10-13)7-4-3-5-8-12/h11H,3-9H2,1-2H3. The van der Waals surface area contributed by atoms with Crippen LogP contribution >= 0.6 is 0 Å². The van der Waals surface area contributed by atoms with E-state index in [1.54, 1.807) is 0 Å². The molecular weight excluding hydrogens is 160 g/mol. The van der Waals surface area contributed by atoms with Crippen molar-refractivity contribution in [2.75, 3.05) is 0 Å². The molecule has 1 heteroatoms. The maximum Gasteiger partial charge on any atom is 0.205 e. The van der Waals surface area contributed by atoms with Crippen molar-refractivity contribution >= 4 is 6.29 Å². The van der Waals surface area contributed by atoms with E-state index < -0.39 is 0 Å². The Balaban J connectivity index is 2.42. The molecule has 1 rings (SSSR count). The van der Waals surface area contributed by atoms with Crippen LogP contribution in [0, 0.1) is 11.3 Å². The van der Waals surface area contributed by atoms with E-state index in [2.05, 4.69) is 20.1 Å². The molecule has 75 valence electrons. The molecular formula is C12H21O. The molecule has 0 amide bonds. The van der Waals surface area contributed by atoms with E-state index >= 15 is 0 Å². The van der Waals surface area contributed by atoms with Crippen LogP contribution in [0.4, 0.5) is 0 Å². The lowest BCUT2D eigenvalue weighted by atomic mass is 9.71. The van der Waals surface area contributed by atoms with Gasteiger partial charge in [-0.25, -0.2) is 0 Å². The third kappa shape index (κ3) is 3.13. The zero-order valence-electron chi connectivity index (χ0n) is 8.94. The van der Waals surface area contributed by atoms with Crippen LogP contribution in [0.15, 0.2) is 0 Å². The summed E-state index contributed by atoms with van der Waals surface area (Å²) in [5, 5.41) is 0. The van der Waals surface area contributed by atoms with Gasteiger partial charge in [-0.3, -0.25) is 4.79 Å². The van der Waals surface area contributed by atoms with Crippen LogP contribution in [0.1, 0.15) is 58.8 Å². The Hall–Kier alpha value is -0.330. The van der Waals surface area contributed by atoms with Gasteiger partial charge in [0, 0.05) is 5.41 Å². The Morgan fingerprint density at radius 3 is 2.31 bits per heavy atom. The maximum atomic E-state index is 11.0. The number of rotatable bonds is 4. The second-order valence-electron chi connectivity index (χ2n) is 4.88. The Labute approximate surface area is 81.9 Å². The second kappa shape index (κ2) is 4.78. The Kier molecular flexibility index (Phi) is 3.95. The third-order valence-electron chi connectivity index (χ3n) is 3.23. The van der Waals surface area contributed by atoms with Crippen LogP contribution in [0.3, 0.4) is 0 Å². The van der Waals surface area contributed by atoms with Gasteiger partial charge in [-0.1, -0.05) is 39.5 Å². The Morgan fingerprint density at radius 2 is 1.85 bits per heavy atom. The van der Waals surface area contributed by atoms with Crippen molar-refractivity contribution in [2.24, 2.45) is 11.3 Å². The second-order valence-corrected chi connectivity index (χ2v) is 4.88. The molecule has 0 N–H and O–H groups in total. The van der Waals surface area contributed by atoms with Crippen molar-refractivity contribution in [3.63, 3.8) is 0 Å². The third-order valence-corrected chi connectivity index (χ3v) is 3.23. The zero-order valence-corrected chi connectivity index (χ0v) is 8.94. The fourth-order valence-electron chi connectivity index (χ4n) is 2.20. The quantitative estimate of drug-likeness (QED) is 0.649. The molecule has 0 unspecified atom stereocenters. The summed E-state index contributed by atoms with van der Waals surface area (Å²) in [5.74, 6) is 0.715. The Bertz CT molecular complexity index is 155. The van der Waals surface area contributed by atoms with Gasteiger partial charge in [-0.2, -0.15) is 0 Å². The first-order valence-electron chi connectivity index (χ1n) is 5.58. The average molecular weight is 181 g/mol. The predicted molar refractivity (Wildman–Crippen MR) is 55.3 cm³/mol. The van der Waals surface area contributed by atoms with Gasteiger partial charge in [-0.15, -0.1) is 0 Å². The average Bonchev–Trinajstić information content (AvgIpc) is 2.16. The summed E-state index contributed by atoms with van der Waals surface area (Å²) in [6.07, 6.45) is 10.5. The molecule has 1 fully saturated rings. The summed E-state index contributed by atoms with van der Waals surface area (Å²) >= 11 is 0. The molecule has 1 aliphatic rings. The summed E-state index contributed by atoms with van der Waals surface area (Å²) in [7, 11) is 0. The van der Waals surface area contributed by atoms with Gasteiger partial charge in [0.25, 0.3) is 0 Å². The molecule has 0 bridgehead atoms. The minimum Gasteiger partial charge on any atom is -0.290 e. The molecule has 1 saturated carbocycles. The predicted octanol–water partition coefficient (Wildman–Crippen LogP) is 3.48. The largest absolute Gasteiger partial charge is 0.290 e. The highest BCUT2D eigenvalue weighted by Gasteiger charge is 2.32. The van der Waals surface area contributed by atoms with Gasteiger partial charge in [0.05, 0.1) is 0 Å². The molecule has 1 nitrogen and oxygen atoms in total. The molecule has 1 aliphatic carbocycles. The highest BCUT2D eigenvalue weighted by atomic mass is 16.1. The molecule has 1 radical (unpaired) electrons. The minimum atomic E-state index is -0.0531. The summed E-state index contributed by atoms with van der Waals surface area (Å²) in [5.41, 5.74) is -0.0531. The van der Waals surface area contributed by atoms with E-state index in [9.17, 15) is 4.79 Å². The van der Waals surface area contributed by atoms with Gasteiger partial charge in [0.1, 0.15) is 0 Å². The van der Waals surface area contributed by atoms with E-state index in [0.29, 0.717) is 5.92 Å². The highest BCUT2D eigenvalue weighted by molar-refractivity contribution is 5.60. The number of hydrogen-bond donors (Lipinski definition) is 0. The minimum absolute atomic E-state index is 0.0531. The monoisotopic (exact) mass is 181 g/mol. The molecule has 0 aromatic carbocycles. The van der Waals surface area contributed by atoms with E-state index in [0.717, 1.165) is 19.3 Å². The molecule has 0 heterocycles. The summed E-state index contributed by atoms with van der Waals surface area (Å²) in [4.78, 5) is 11.0. The lowest BCUT2D eigenvalue weighted by Gasteiger charge is -2.31. The normalized spacial score (nSPS) is 21.8. The first-order valence-corrected chi connectivity index (χ1v) is 5.58. The van der Waals surface area contributed by atoms with Gasteiger partial charge >= 0.3 is 0 Å².